The molecule has 1 aliphatic heterocycles. The SMILES string of the molecule is CCN(CC)CCCNC(=O)C1(C)CCCN1C(=O)OCc1ccccc1. The number of nitrogens with zero attached hydrogens (tertiary/aromatic N) is 2. The van der Waals surface area contributed by atoms with Gasteiger partial charge in [0.15, 0.2) is 0 Å². The molecule has 2 rings (SSSR count). The summed E-state index contributed by atoms with van der Waals surface area (Å²) < 4.78 is 5.44. The predicted octanol–water partition coefficient (Wildman–Crippen LogP) is 3.03. The molecule has 0 aliphatic carbocycles. The van der Waals surface area contributed by atoms with Crippen LogP contribution >= 0.6 is 0 Å². The largest absolute Gasteiger partial charge is 0.445 e. The minimum absolute atomic E-state index is 0.0868. The highest BCUT2D eigenvalue weighted by Crippen LogP contribution is 2.30. The van der Waals surface area contributed by atoms with Crippen LogP contribution in [0, 0.1) is 0 Å². The quantitative estimate of drug-likeness (QED) is 0.674. The molecule has 150 valence electrons. The summed E-state index contributed by atoms with van der Waals surface area (Å²) in [5, 5.41) is 3.01. The Kier molecular flexibility index (Phi) is 8.10. The molecule has 1 aromatic rings. The van der Waals surface area contributed by atoms with Crippen LogP contribution in [0.15, 0.2) is 30.3 Å². The van der Waals surface area contributed by atoms with Crippen LogP contribution in [-0.2, 0) is 16.1 Å². The molecular formula is C21H33N3O3. The van der Waals surface area contributed by atoms with Gasteiger partial charge in [0.2, 0.25) is 5.91 Å². The van der Waals surface area contributed by atoms with Gasteiger partial charge in [0.25, 0.3) is 0 Å². The number of hydrogen-bond donors (Lipinski definition) is 1. The third-order valence-corrected chi connectivity index (χ3v) is 5.39. The molecule has 1 heterocycles. The van der Waals surface area contributed by atoms with Gasteiger partial charge in [-0.05, 0) is 51.4 Å². The van der Waals surface area contributed by atoms with Gasteiger partial charge >= 0.3 is 6.09 Å². The molecule has 1 fully saturated rings. The highest BCUT2D eigenvalue weighted by molar-refractivity contribution is 5.90. The molecule has 6 nitrogen and oxygen atoms in total. The summed E-state index contributed by atoms with van der Waals surface area (Å²) in [7, 11) is 0. The van der Waals surface area contributed by atoms with E-state index >= 15 is 0 Å². The highest BCUT2D eigenvalue weighted by atomic mass is 16.6. The van der Waals surface area contributed by atoms with Crippen LogP contribution in [0.2, 0.25) is 0 Å². The number of likely N-dealkylation sites (tertiary alicyclic amines) is 1. The van der Waals surface area contributed by atoms with Crippen molar-refractivity contribution in [1.29, 1.82) is 0 Å². The van der Waals surface area contributed by atoms with E-state index < -0.39 is 11.6 Å². The van der Waals surface area contributed by atoms with Crippen molar-refractivity contribution >= 4 is 12.0 Å². The van der Waals surface area contributed by atoms with Crippen molar-refractivity contribution < 1.29 is 14.3 Å². The van der Waals surface area contributed by atoms with Crippen LogP contribution in [0.3, 0.4) is 0 Å². The van der Waals surface area contributed by atoms with Crippen LogP contribution in [0.1, 0.15) is 45.6 Å². The van der Waals surface area contributed by atoms with E-state index in [1.54, 1.807) is 4.90 Å². The normalized spacial score (nSPS) is 19.3. The van der Waals surface area contributed by atoms with Crippen molar-refractivity contribution in [3.63, 3.8) is 0 Å². The number of ether oxygens (including phenoxy) is 1. The molecule has 0 saturated carbocycles. The zero-order valence-corrected chi connectivity index (χ0v) is 16.9. The first-order valence-electron chi connectivity index (χ1n) is 10.00. The number of benzene rings is 1. The molecule has 2 amide bonds. The second-order valence-electron chi connectivity index (χ2n) is 7.21. The van der Waals surface area contributed by atoms with Crippen LogP contribution in [0.25, 0.3) is 0 Å². The van der Waals surface area contributed by atoms with Crippen LogP contribution < -0.4 is 5.32 Å². The fraction of sp³-hybridized carbons (Fsp3) is 0.619. The van der Waals surface area contributed by atoms with Crippen molar-refractivity contribution in [3.8, 4) is 0 Å². The van der Waals surface area contributed by atoms with Crippen LogP contribution in [-0.4, -0.2) is 60.1 Å². The maximum atomic E-state index is 12.8. The Morgan fingerprint density at radius 2 is 1.93 bits per heavy atom. The fourth-order valence-corrected chi connectivity index (χ4v) is 3.52. The zero-order valence-electron chi connectivity index (χ0n) is 16.9. The van der Waals surface area contributed by atoms with Crippen molar-refractivity contribution in [2.75, 3.05) is 32.7 Å². The molecule has 0 radical (unpaired) electrons. The highest BCUT2D eigenvalue weighted by Gasteiger charge is 2.46. The second-order valence-corrected chi connectivity index (χ2v) is 7.21. The van der Waals surface area contributed by atoms with Crippen LogP contribution in [0.5, 0.6) is 0 Å². The molecule has 0 aromatic heterocycles. The van der Waals surface area contributed by atoms with Gasteiger partial charge in [-0.3, -0.25) is 9.69 Å². The Balaban J connectivity index is 1.84. The number of rotatable bonds is 9. The Bertz CT molecular complexity index is 604. The minimum Gasteiger partial charge on any atom is -0.445 e. The number of amides is 2. The molecule has 0 bridgehead atoms. The Morgan fingerprint density at radius 3 is 2.59 bits per heavy atom. The molecule has 6 heteroatoms. The van der Waals surface area contributed by atoms with E-state index in [0.717, 1.165) is 38.0 Å². The van der Waals surface area contributed by atoms with Crippen molar-refractivity contribution in [3.05, 3.63) is 35.9 Å². The van der Waals surface area contributed by atoms with Gasteiger partial charge in [-0.1, -0.05) is 44.2 Å². The van der Waals surface area contributed by atoms with E-state index in [9.17, 15) is 9.59 Å². The van der Waals surface area contributed by atoms with Crippen molar-refractivity contribution in [2.24, 2.45) is 0 Å². The summed E-state index contributed by atoms with van der Waals surface area (Å²) >= 11 is 0. The summed E-state index contributed by atoms with van der Waals surface area (Å²) in [4.78, 5) is 29.2. The third kappa shape index (κ3) is 5.70. The summed E-state index contributed by atoms with van der Waals surface area (Å²) in [6, 6.07) is 9.58. The predicted molar refractivity (Wildman–Crippen MR) is 106 cm³/mol. The lowest BCUT2D eigenvalue weighted by molar-refractivity contribution is -0.130. The molecule has 1 unspecified atom stereocenters. The van der Waals surface area contributed by atoms with Gasteiger partial charge in [0.1, 0.15) is 12.1 Å². The van der Waals surface area contributed by atoms with Gasteiger partial charge in [0.05, 0.1) is 0 Å². The minimum atomic E-state index is -0.830. The van der Waals surface area contributed by atoms with Gasteiger partial charge in [-0.2, -0.15) is 0 Å². The molecule has 1 aliphatic rings. The number of hydrogen-bond acceptors (Lipinski definition) is 4. The van der Waals surface area contributed by atoms with E-state index in [2.05, 4.69) is 24.1 Å². The van der Waals surface area contributed by atoms with E-state index in [4.69, 9.17) is 4.74 Å². The topological polar surface area (TPSA) is 61.9 Å². The molecule has 27 heavy (non-hydrogen) atoms. The smallest absolute Gasteiger partial charge is 0.410 e. The summed E-state index contributed by atoms with van der Waals surface area (Å²) in [6.45, 7) is 10.5. The Hall–Kier alpha value is -2.08. The van der Waals surface area contributed by atoms with E-state index in [0.29, 0.717) is 19.5 Å². The Morgan fingerprint density at radius 1 is 1.22 bits per heavy atom. The van der Waals surface area contributed by atoms with Crippen molar-refractivity contribution in [2.45, 2.75) is 52.2 Å². The Labute approximate surface area is 162 Å². The second kappa shape index (κ2) is 10.3. The molecule has 0 spiro atoms. The maximum Gasteiger partial charge on any atom is 0.410 e. The summed E-state index contributed by atoms with van der Waals surface area (Å²) in [5.41, 5.74) is 0.107. The summed E-state index contributed by atoms with van der Waals surface area (Å²) in [6.07, 6.45) is 1.96. The number of carbonyl (C=O) groups excluding carboxylic acids is 2. The third-order valence-electron chi connectivity index (χ3n) is 5.39. The van der Waals surface area contributed by atoms with E-state index in [1.165, 1.54) is 0 Å². The fourth-order valence-electron chi connectivity index (χ4n) is 3.52. The first kappa shape index (κ1) is 21.2. The first-order valence-corrected chi connectivity index (χ1v) is 10.00. The zero-order chi connectivity index (χ0) is 19.7. The molecular weight excluding hydrogens is 342 g/mol. The monoisotopic (exact) mass is 375 g/mol. The summed E-state index contributed by atoms with van der Waals surface area (Å²) in [5.74, 6) is -0.0868. The van der Waals surface area contributed by atoms with Gasteiger partial charge in [-0.25, -0.2) is 4.79 Å². The lowest BCUT2D eigenvalue weighted by Gasteiger charge is -2.33. The van der Waals surface area contributed by atoms with Gasteiger partial charge < -0.3 is 15.0 Å². The molecule has 1 aromatic carbocycles. The molecule has 1 N–H and O–H groups in total. The van der Waals surface area contributed by atoms with E-state index in [-0.39, 0.29) is 12.5 Å². The molecule has 1 saturated heterocycles. The molecule has 1 atom stereocenters. The first-order chi connectivity index (χ1) is 13.0. The van der Waals surface area contributed by atoms with E-state index in [1.807, 2.05) is 37.3 Å². The van der Waals surface area contributed by atoms with Gasteiger partial charge in [0, 0.05) is 13.1 Å². The van der Waals surface area contributed by atoms with Crippen molar-refractivity contribution in [1.82, 2.24) is 15.1 Å². The number of nitrogens with one attached hydrogen (secondary N) is 1. The average Bonchev–Trinajstić information content (AvgIpc) is 3.10. The maximum absolute atomic E-state index is 12.8. The average molecular weight is 376 g/mol. The number of carbonyl (C=O) groups is 2. The lowest BCUT2D eigenvalue weighted by Crippen LogP contribution is -2.55. The lowest BCUT2D eigenvalue weighted by atomic mass is 9.98. The van der Waals surface area contributed by atoms with Gasteiger partial charge in [-0.15, -0.1) is 0 Å². The van der Waals surface area contributed by atoms with Crippen LogP contribution in [0.4, 0.5) is 4.79 Å². The standard InChI is InChI=1S/C21H33N3O3/c1-4-23(5-2)15-10-14-22-19(25)21(3)13-9-16-24(21)20(26)27-17-18-11-7-6-8-12-18/h6-8,11-12H,4-5,9-10,13-17H2,1-3H3,(H,22,25).